The molecule has 3 rings (SSSR count). The van der Waals surface area contributed by atoms with Gasteiger partial charge in [0.15, 0.2) is 5.69 Å². The van der Waals surface area contributed by atoms with Crippen LogP contribution in [0.25, 0.3) is 0 Å². The van der Waals surface area contributed by atoms with Crippen LogP contribution in [0.3, 0.4) is 0 Å². The molecule has 1 saturated heterocycles. The minimum atomic E-state index is -0.483. The van der Waals surface area contributed by atoms with Gasteiger partial charge >= 0.3 is 5.97 Å². The van der Waals surface area contributed by atoms with Crippen LogP contribution >= 0.6 is 0 Å². The predicted molar refractivity (Wildman–Crippen MR) is 99.3 cm³/mol. The SMILES string of the molecule is COC(=O)c1ccc(NC(C)CN2CCN(c3ccccn3)CC2)nn1. The monoisotopic (exact) mass is 356 g/mol. The molecule has 0 saturated carbocycles. The molecule has 138 valence electrons. The van der Waals surface area contributed by atoms with E-state index >= 15 is 0 Å². The molecule has 26 heavy (non-hydrogen) atoms. The van der Waals surface area contributed by atoms with Crippen molar-refractivity contribution in [1.82, 2.24) is 20.1 Å². The molecule has 0 bridgehead atoms. The fourth-order valence-electron chi connectivity index (χ4n) is 3.01. The molecule has 1 aliphatic heterocycles. The van der Waals surface area contributed by atoms with Gasteiger partial charge in [-0.3, -0.25) is 4.90 Å². The molecular formula is C18H24N6O2. The summed E-state index contributed by atoms with van der Waals surface area (Å²) in [7, 11) is 1.33. The lowest BCUT2D eigenvalue weighted by molar-refractivity contribution is 0.0593. The van der Waals surface area contributed by atoms with E-state index in [1.165, 1.54) is 7.11 Å². The minimum absolute atomic E-state index is 0.205. The molecule has 0 spiro atoms. The molecule has 0 amide bonds. The summed E-state index contributed by atoms with van der Waals surface area (Å²) >= 11 is 0. The summed E-state index contributed by atoms with van der Waals surface area (Å²) in [5.74, 6) is 1.21. The molecule has 1 atom stereocenters. The van der Waals surface area contributed by atoms with Crippen LogP contribution in [0.2, 0.25) is 0 Å². The maximum atomic E-state index is 11.4. The van der Waals surface area contributed by atoms with E-state index in [0.29, 0.717) is 5.82 Å². The number of hydrogen-bond acceptors (Lipinski definition) is 8. The average molecular weight is 356 g/mol. The number of piperazine rings is 1. The normalized spacial score (nSPS) is 16.2. The van der Waals surface area contributed by atoms with Gasteiger partial charge in [0, 0.05) is 45.0 Å². The van der Waals surface area contributed by atoms with Gasteiger partial charge in [-0.2, -0.15) is 0 Å². The van der Waals surface area contributed by atoms with Crippen LogP contribution < -0.4 is 10.2 Å². The second-order valence-electron chi connectivity index (χ2n) is 6.32. The van der Waals surface area contributed by atoms with E-state index in [1.54, 1.807) is 12.1 Å². The number of rotatable bonds is 6. The Balaban J connectivity index is 1.45. The molecule has 8 nitrogen and oxygen atoms in total. The Hall–Kier alpha value is -2.74. The maximum absolute atomic E-state index is 11.4. The number of aromatic nitrogens is 3. The van der Waals surface area contributed by atoms with Crippen molar-refractivity contribution >= 4 is 17.6 Å². The van der Waals surface area contributed by atoms with E-state index in [2.05, 4.69) is 48.0 Å². The largest absolute Gasteiger partial charge is 0.464 e. The first-order chi connectivity index (χ1) is 12.7. The van der Waals surface area contributed by atoms with Gasteiger partial charge < -0.3 is 15.0 Å². The Morgan fingerprint density at radius 1 is 1.19 bits per heavy atom. The van der Waals surface area contributed by atoms with E-state index in [0.717, 1.165) is 38.5 Å². The number of carbonyl (C=O) groups is 1. The van der Waals surface area contributed by atoms with Crippen molar-refractivity contribution in [2.24, 2.45) is 0 Å². The van der Waals surface area contributed by atoms with E-state index in [-0.39, 0.29) is 11.7 Å². The van der Waals surface area contributed by atoms with Crippen molar-refractivity contribution < 1.29 is 9.53 Å². The zero-order valence-electron chi connectivity index (χ0n) is 15.1. The lowest BCUT2D eigenvalue weighted by Crippen LogP contribution is -2.49. The average Bonchev–Trinajstić information content (AvgIpc) is 2.69. The van der Waals surface area contributed by atoms with Gasteiger partial charge in [-0.15, -0.1) is 10.2 Å². The highest BCUT2D eigenvalue weighted by atomic mass is 16.5. The molecule has 1 N–H and O–H groups in total. The van der Waals surface area contributed by atoms with Crippen LogP contribution in [0, 0.1) is 0 Å². The Labute approximate surface area is 153 Å². The number of hydrogen-bond donors (Lipinski definition) is 1. The number of esters is 1. The van der Waals surface area contributed by atoms with Crippen molar-refractivity contribution in [3.8, 4) is 0 Å². The van der Waals surface area contributed by atoms with Crippen LogP contribution in [-0.2, 0) is 4.74 Å². The smallest absolute Gasteiger partial charge is 0.358 e. The van der Waals surface area contributed by atoms with Crippen LogP contribution in [0.1, 0.15) is 17.4 Å². The van der Waals surface area contributed by atoms with Gasteiger partial charge in [0.1, 0.15) is 11.6 Å². The third kappa shape index (κ3) is 4.66. The zero-order valence-corrected chi connectivity index (χ0v) is 15.1. The maximum Gasteiger partial charge on any atom is 0.358 e. The molecule has 2 aromatic rings. The van der Waals surface area contributed by atoms with E-state index < -0.39 is 5.97 Å². The summed E-state index contributed by atoms with van der Waals surface area (Å²) in [6.07, 6.45) is 1.83. The van der Waals surface area contributed by atoms with Crippen molar-refractivity contribution in [2.75, 3.05) is 50.1 Å². The fraction of sp³-hybridized carbons (Fsp3) is 0.444. The molecule has 1 aliphatic rings. The molecule has 1 unspecified atom stereocenters. The summed E-state index contributed by atoms with van der Waals surface area (Å²) in [6.45, 7) is 6.96. The lowest BCUT2D eigenvalue weighted by atomic mass is 10.2. The number of methoxy groups -OCH3 is 1. The molecule has 8 heteroatoms. The Morgan fingerprint density at radius 2 is 2.00 bits per heavy atom. The van der Waals surface area contributed by atoms with Gasteiger partial charge in [-0.25, -0.2) is 9.78 Å². The Kier molecular flexibility index (Phi) is 5.96. The third-order valence-corrected chi connectivity index (χ3v) is 4.33. The van der Waals surface area contributed by atoms with Crippen LogP contribution in [0.15, 0.2) is 36.5 Å². The first-order valence-electron chi connectivity index (χ1n) is 8.72. The van der Waals surface area contributed by atoms with E-state index in [9.17, 15) is 4.79 Å². The lowest BCUT2D eigenvalue weighted by Gasteiger charge is -2.36. The topological polar surface area (TPSA) is 83.5 Å². The van der Waals surface area contributed by atoms with E-state index in [4.69, 9.17) is 0 Å². The first-order valence-corrected chi connectivity index (χ1v) is 8.72. The number of anilines is 2. The Bertz CT molecular complexity index is 701. The highest BCUT2D eigenvalue weighted by Gasteiger charge is 2.19. The van der Waals surface area contributed by atoms with Crippen molar-refractivity contribution in [1.29, 1.82) is 0 Å². The molecular weight excluding hydrogens is 332 g/mol. The van der Waals surface area contributed by atoms with Crippen molar-refractivity contribution in [2.45, 2.75) is 13.0 Å². The molecule has 0 aromatic carbocycles. The summed E-state index contributed by atoms with van der Waals surface area (Å²) in [5.41, 5.74) is 0.205. The number of nitrogens with zero attached hydrogens (tertiary/aromatic N) is 5. The molecule has 0 radical (unpaired) electrons. The van der Waals surface area contributed by atoms with Crippen LogP contribution in [-0.4, -0.2) is 71.9 Å². The van der Waals surface area contributed by atoms with Gasteiger partial charge in [-0.05, 0) is 31.2 Å². The predicted octanol–water partition coefficient (Wildman–Crippen LogP) is 1.28. The van der Waals surface area contributed by atoms with Crippen molar-refractivity contribution in [3.63, 3.8) is 0 Å². The number of ether oxygens (including phenoxy) is 1. The van der Waals surface area contributed by atoms with E-state index in [1.807, 2.05) is 18.3 Å². The fourth-order valence-corrected chi connectivity index (χ4v) is 3.01. The zero-order chi connectivity index (χ0) is 18.4. The summed E-state index contributed by atoms with van der Waals surface area (Å²) in [5, 5.41) is 11.2. The van der Waals surface area contributed by atoms with Crippen LogP contribution in [0.4, 0.5) is 11.6 Å². The summed E-state index contributed by atoms with van der Waals surface area (Å²) in [6, 6.07) is 9.58. The van der Waals surface area contributed by atoms with Gasteiger partial charge in [0.05, 0.1) is 7.11 Å². The number of carbonyl (C=O) groups excluding carboxylic acids is 1. The second-order valence-corrected chi connectivity index (χ2v) is 6.32. The molecule has 2 aromatic heterocycles. The summed E-state index contributed by atoms with van der Waals surface area (Å²) in [4.78, 5) is 20.5. The highest BCUT2D eigenvalue weighted by molar-refractivity contribution is 5.86. The van der Waals surface area contributed by atoms with Gasteiger partial charge in [0.2, 0.25) is 0 Å². The van der Waals surface area contributed by atoms with Crippen LogP contribution in [0.5, 0.6) is 0 Å². The first kappa shape index (κ1) is 18.1. The standard InChI is InChI=1S/C18H24N6O2/c1-14(20-16-7-6-15(21-22-16)18(25)26-2)13-23-9-11-24(12-10-23)17-5-3-4-8-19-17/h3-8,14H,9-13H2,1-2H3,(H,20,22). The van der Waals surface area contributed by atoms with Gasteiger partial charge in [-0.1, -0.05) is 6.07 Å². The molecule has 1 fully saturated rings. The Morgan fingerprint density at radius 3 is 2.62 bits per heavy atom. The molecule has 3 heterocycles. The highest BCUT2D eigenvalue weighted by Crippen LogP contribution is 2.13. The minimum Gasteiger partial charge on any atom is -0.464 e. The quantitative estimate of drug-likeness (QED) is 0.775. The molecule has 0 aliphatic carbocycles. The third-order valence-electron chi connectivity index (χ3n) is 4.33. The second kappa shape index (κ2) is 8.57. The van der Waals surface area contributed by atoms with Crippen molar-refractivity contribution in [3.05, 3.63) is 42.2 Å². The number of nitrogens with one attached hydrogen (secondary N) is 1. The van der Waals surface area contributed by atoms with Gasteiger partial charge in [0.25, 0.3) is 0 Å². The summed E-state index contributed by atoms with van der Waals surface area (Å²) < 4.78 is 4.62. The number of pyridine rings is 1.